The summed E-state index contributed by atoms with van der Waals surface area (Å²) in [4.78, 5) is 7.48. The molecule has 5 nitrogen and oxygen atoms in total. The number of phenolic OH excluding ortho intramolecular Hbond substituents is 1. The minimum absolute atomic E-state index is 0.328. The summed E-state index contributed by atoms with van der Waals surface area (Å²) in [6.45, 7) is 6.28. The van der Waals surface area contributed by atoms with E-state index in [0.717, 1.165) is 37.9 Å². The van der Waals surface area contributed by atoms with Crippen LogP contribution in [0.1, 0.15) is 57.4 Å². The van der Waals surface area contributed by atoms with Crippen LogP contribution in [-0.4, -0.2) is 54.2 Å². The van der Waals surface area contributed by atoms with Crippen molar-refractivity contribution in [2.24, 2.45) is 4.99 Å². The molecule has 0 bridgehead atoms. The Morgan fingerprint density at radius 2 is 1.81 bits per heavy atom. The Balaban J connectivity index is 1.40. The average Bonchev–Trinajstić information content (AvgIpc) is 3.22. The van der Waals surface area contributed by atoms with Crippen molar-refractivity contribution >= 4 is 5.96 Å². The predicted molar refractivity (Wildman–Crippen MR) is 112 cm³/mol. The van der Waals surface area contributed by atoms with Gasteiger partial charge < -0.3 is 20.6 Å². The quantitative estimate of drug-likeness (QED) is 0.390. The molecule has 0 radical (unpaired) electrons. The highest BCUT2D eigenvalue weighted by molar-refractivity contribution is 5.80. The van der Waals surface area contributed by atoms with Crippen molar-refractivity contribution in [3.8, 4) is 5.75 Å². The molecule has 150 valence electrons. The second kappa shape index (κ2) is 10.5. The SMILES string of the molecule is CCNC(=NCCCc1ccc(O)cc1)NC1CCN(C2CCCC2)CC1. The first kappa shape index (κ1) is 20.0. The van der Waals surface area contributed by atoms with Crippen molar-refractivity contribution in [2.75, 3.05) is 26.2 Å². The van der Waals surface area contributed by atoms with Gasteiger partial charge in [-0.15, -0.1) is 0 Å². The lowest BCUT2D eigenvalue weighted by Crippen LogP contribution is -2.50. The van der Waals surface area contributed by atoms with Gasteiger partial charge in [0.2, 0.25) is 0 Å². The monoisotopic (exact) mass is 372 g/mol. The number of nitrogens with one attached hydrogen (secondary N) is 2. The van der Waals surface area contributed by atoms with E-state index in [1.807, 2.05) is 12.1 Å². The molecule has 3 N–H and O–H groups in total. The van der Waals surface area contributed by atoms with E-state index in [1.54, 1.807) is 12.1 Å². The summed E-state index contributed by atoms with van der Waals surface area (Å²) in [6.07, 6.45) is 10.1. The van der Waals surface area contributed by atoms with Gasteiger partial charge in [0.15, 0.2) is 5.96 Å². The number of aryl methyl sites for hydroxylation is 1. The van der Waals surface area contributed by atoms with Gasteiger partial charge in [0, 0.05) is 38.3 Å². The van der Waals surface area contributed by atoms with Gasteiger partial charge in [-0.3, -0.25) is 4.99 Å². The third-order valence-corrected chi connectivity index (χ3v) is 5.89. The molecule has 1 aromatic rings. The summed E-state index contributed by atoms with van der Waals surface area (Å²) in [5.41, 5.74) is 1.25. The van der Waals surface area contributed by atoms with E-state index in [0.29, 0.717) is 11.8 Å². The molecule has 27 heavy (non-hydrogen) atoms. The Morgan fingerprint density at radius 3 is 2.48 bits per heavy atom. The number of piperidine rings is 1. The topological polar surface area (TPSA) is 59.9 Å². The molecule has 1 aliphatic heterocycles. The minimum atomic E-state index is 0.328. The maximum atomic E-state index is 9.35. The lowest BCUT2D eigenvalue weighted by Gasteiger charge is -2.36. The molecular formula is C22H36N4O. The van der Waals surface area contributed by atoms with Crippen LogP contribution in [0.5, 0.6) is 5.75 Å². The first-order valence-electron chi connectivity index (χ1n) is 10.8. The normalized spacial score (nSPS) is 20.1. The Morgan fingerprint density at radius 1 is 1.11 bits per heavy atom. The second-order valence-corrected chi connectivity index (χ2v) is 7.92. The number of hydrogen-bond acceptors (Lipinski definition) is 3. The fraction of sp³-hybridized carbons (Fsp3) is 0.682. The lowest BCUT2D eigenvalue weighted by molar-refractivity contribution is 0.150. The van der Waals surface area contributed by atoms with Crippen LogP contribution in [0.4, 0.5) is 0 Å². The van der Waals surface area contributed by atoms with Crippen LogP contribution in [0.2, 0.25) is 0 Å². The van der Waals surface area contributed by atoms with Crippen molar-refractivity contribution in [1.82, 2.24) is 15.5 Å². The standard InChI is InChI=1S/C22H36N4O/c1-2-23-22(24-15-5-6-18-9-11-21(27)12-10-18)25-19-13-16-26(17-14-19)20-7-3-4-8-20/h9-12,19-20,27H,2-8,13-17H2,1H3,(H2,23,24,25). The summed E-state index contributed by atoms with van der Waals surface area (Å²) in [5.74, 6) is 1.29. The molecule has 1 saturated heterocycles. The highest BCUT2D eigenvalue weighted by atomic mass is 16.3. The zero-order chi connectivity index (χ0) is 18.9. The number of guanidine groups is 1. The van der Waals surface area contributed by atoms with Gasteiger partial charge in [-0.1, -0.05) is 25.0 Å². The van der Waals surface area contributed by atoms with E-state index in [-0.39, 0.29) is 0 Å². The Hall–Kier alpha value is -1.75. The van der Waals surface area contributed by atoms with E-state index in [4.69, 9.17) is 4.99 Å². The number of aliphatic imine (C=N–C) groups is 1. The summed E-state index contributed by atoms with van der Waals surface area (Å²) >= 11 is 0. The second-order valence-electron chi connectivity index (χ2n) is 7.92. The highest BCUT2D eigenvalue weighted by Crippen LogP contribution is 2.26. The molecule has 1 aliphatic carbocycles. The van der Waals surface area contributed by atoms with Gasteiger partial charge in [0.1, 0.15) is 5.75 Å². The van der Waals surface area contributed by atoms with Gasteiger partial charge in [-0.2, -0.15) is 0 Å². The molecule has 2 aliphatic rings. The Labute approximate surface area is 164 Å². The van der Waals surface area contributed by atoms with Crippen LogP contribution < -0.4 is 10.6 Å². The zero-order valence-corrected chi connectivity index (χ0v) is 16.8. The maximum absolute atomic E-state index is 9.35. The number of aromatic hydroxyl groups is 1. The Bertz CT molecular complexity index is 572. The number of likely N-dealkylation sites (tertiary alicyclic amines) is 1. The summed E-state index contributed by atoms with van der Waals surface area (Å²) in [7, 11) is 0. The van der Waals surface area contributed by atoms with Crippen molar-refractivity contribution in [3.05, 3.63) is 29.8 Å². The molecule has 0 atom stereocenters. The zero-order valence-electron chi connectivity index (χ0n) is 16.8. The third-order valence-electron chi connectivity index (χ3n) is 5.89. The van der Waals surface area contributed by atoms with Crippen LogP contribution >= 0.6 is 0 Å². The summed E-state index contributed by atoms with van der Waals surface area (Å²) in [5, 5.41) is 16.4. The number of hydrogen-bond donors (Lipinski definition) is 3. The van der Waals surface area contributed by atoms with Crippen molar-refractivity contribution in [3.63, 3.8) is 0 Å². The maximum Gasteiger partial charge on any atom is 0.191 e. The molecular weight excluding hydrogens is 336 g/mol. The number of nitrogens with zero attached hydrogens (tertiary/aromatic N) is 2. The molecule has 0 spiro atoms. The van der Waals surface area contributed by atoms with E-state index in [2.05, 4.69) is 22.5 Å². The van der Waals surface area contributed by atoms with E-state index >= 15 is 0 Å². The lowest BCUT2D eigenvalue weighted by atomic mass is 10.0. The fourth-order valence-corrected chi connectivity index (χ4v) is 4.33. The van der Waals surface area contributed by atoms with Crippen molar-refractivity contribution in [2.45, 2.75) is 70.4 Å². The smallest absolute Gasteiger partial charge is 0.191 e. The van der Waals surface area contributed by atoms with Gasteiger partial charge in [-0.05, 0) is 63.1 Å². The molecule has 5 heteroatoms. The first-order chi connectivity index (χ1) is 13.2. The number of rotatable bonds is 7. The molecule has 1 saturated carbocycles. The fourth-order valence-electron chi connectivity index (χ4n) is 4.33. The molecule has 0 amide bonds. The molecule has 0 aromatic heterocycles. The van der Waals surface area contributed by atoms with Crippen LogP contribution in [-0.2, 0) is 6.42 Å². The van der Waals surface area contributed by atoms with Crippen LogP contribution in [0.25, 0.3) is 0 Å². The highest BCUT2D eigenvalue weighted by Gasteiger charge is 2.27. The van der Waals surface area contributed by atoms with Crippen molar-refractivity contribution in [1.29, 1.82) is 0 Å². The van der Waals surface area contributed by atoms with Crippen molar-refractivity contribution < 1.29 is 5.11 Å². The van der Waals surface area contributed by atoms with Gasteiger partial charge in [0.05, 0.1) is 0 Å². The minimum Gasteiger partial charge on any atom is -0.508 e. The molecule has 2 fully saturated rings. The van der Waals surface area contributed by atoms with Gasteiger partial charge >= 0.3 is 0 Å². The molecule has 3 rings (SSSR count). The third kappa shape index (κ3) is 6.42. The predicted octanol–water partition coefficient (Wildman–Crippen LogP) is 3.29. The average molecular weight is 373 g/mol. The van der Waals surface area contributed by atoms with E-state index < -0.39 is 0 Å². The summed E-state index contributed by atoms with van der Waals surface area (Å²) < 4.78 is 0. The Kier molecular flexibility index (Phi) is 7.81. The molecule has 0 unspecified atom stereocenters. The number of benzene rings is 1. The molecule has 1 heterocycles. The summed E-state index contributed by atoms with van der Waals surface area (Å²) in [6, 6.07) is 8.87. The van der Waals surface area contributed by atoms with Crippen LogP contribution in [0, 0.1) is 0 Å². The van der Waals surface area contributed by atoms with Gasteiger partial charge in [-0.25, -0.2) is 0 Å². The van der Waals surface area contributed by atoms with Gasteiger partial charge in [0.25, 0.3) is 0 Å². The molecule has 1 aromatic carbocycles. The largest absolute Gasteiger partial charge is 0.508 e. The number of phenols is 1. The van der Waals surface area contributed by atoms with E-state index in [1.165, 1.54) is 57.2 Å². The van der Waals surface area contributed by atoms with E-state index in [9.17, 15) is 5.11 Å². The van der Waals surface area contributed by atoms with Crippen LogP contribution in [0.15, 0.2) is 29.3 Å². The van der Waals surface area contributed by atoms with Crippen LogP contribution in [0.3, 0.4) is 0 Å². The first-order valence-corrected chi connectivity index (χ1v) is 10.8.